The van der Waals surface area contributed by atoms with Gasteiger partial charge in [-0.25, -0.2) is 0 Å². The highest BCUT2D eigenvalue weighted by Crippen LogP contribution is 2.17. The van der Waals surface area contributed by atoms with Gasteiger partial charge in [0.1, 0.15) is 24.2 Å². The Morgan fingerprint density at radius 2 is 2.04 bits per heavy atom. The summed E-state index contributed by atoms with van der Waals surface area (Å²) in [6, 6.07) is 8.71. The van der Waals surface area contributed by atoms with E-state index in [1.807, 2.05) is 0 Å². The molecule has 1 atom stereocenters. The zero-order valence-electron chi connectivity index (χ0n) is 12.4. The van der Waals surface area contributed by atoms with Gasteiger partial charge < -0.3 is 19.6 Å². The molecule has 0 fully saturated rings. The lowest BCUT2D eigenvalue weighted by Gasteiger charge is -2.12. The lowest BCUT2D eigenvalue weighted by Crippen LogP contribution is -2.35. The number of nitro groups is 1. The average Bonchev–Trinajstić information content (AvgIpc) is 2.97. The van der Waals surface area contributed by atoms with E-state index in [0.29, 0.717) is 11.5 Å². The molecule has 8 heteroatoms. The quantitative estimate of drug-likeness (QED) is 0.592. The van der Waals surface area contributed by atoms with E-state index in [-0.39, 0.29) is 24.6 Å². The second-order valence-electron chi connectivity index (χ2n) is 4.84. The van der Waals surface area contributed by atoms with Crippen molar-refractivity contribution in [3.8, 4) is 5.75 Å². The highest BCUT2D eigenvalue weighted by atomic mass is 16.6. The van der Waals surface area contributed by atoms with Gasteiger partial charge in [-0.05, 0) is 31.2 Å². The molecule has 0 unspecified atom stereocenters. The predicted octanol–water partition coefficient (Wildman–Crippen LogP) is 1.67. The summed E-state index contributed by atoms with van der Waals surface area (Å²) >= 11 is 0. The number of carbonyl (C=O) groups excluding carboxylic acids is 1. The van der Waals surface area contributed by atoms with Crippen molar-refractivity contribution in [2.45, 2.75) is 13.0 Å². The van der Waals surface area contributed by atoms with Gasteiger partial charge in [-0.2, -0.15) is 0 Å². The van der Waals surface area contributed by atoms with Crippen LogP contribution in [0, 0.1) is 17.0 Å². The van der Waals surface area contributed by atoms with E-state index in [4.69, 9.17) is 9.15 Å². The van der Waals surface area contributed by atoms with Crippen molar-refractivity contribution in [2.24, 2.45) is 0 Å². The first-order valence-electron chi connectivity index (χ1n) is 6.85. The molecule has 0 aliphatic heterocycles. The molecular weight excluding hydrogens is 304 g/mol. The number of nitrogens with one attached hydrogen (secondary N) is 1. The number of furan rings is 1. The Bertz CT molecular complexity index is 680. The number of hydrogen-bond acceptors (Lipinski definition) is 6. The highest BCUT2D eigenvalue weighted by molar-refractivity contribution is 5.91. The molecular formula is C15H16N2O6. The van der Waals surface area contributed by atoms with Crippen LogP contribution in [0.4, 0.5) is 5.69 Å². The molecule has 1 amide bonds. The summed E-state index contributed by atoms with van der Waals surface area (Å²) in [4.78, 5) is 21.7. The van der Waals surface area contributed by atoms with E-state index in [0.717, 1.165) is 0 Å². The standard InChI is InChI=1S/C15H16N2O6/c1-10-2-7-14(23-10)15(19)16-8-12(18)9-22-13-5-3-11(4-6-13)17(20)21/h2-7,12,18H,8-9H2,1H3,(H,16,19)/t12-/m0/s1. The van der Waals surface area contributed by atoms with Crippen LogP contribution < -0.4 is 10.1 Å². The van der Waals surface area contributed by atoms with E-state index in [1.54, 1.807) is 19.1 Å². The topological polar surface area (TPSA) is 115 Å². The number of carbonyl (C=O) groups is 1. The van der Waals surface area contributed by atoms with Crippen LogP contribution in [0.5, 0.6) is 5.75 Å². The zero-order valence-corrected chi connectivity index (χ0v) is 12.4. The smallest absolute Gasteiger partial charge is 0.287 e. The summed E-state index contributed by atoms with van der Waals surface area (Å²) in [6.45, 7) is 1.66. The Labute approximate surface area is 131 Å². The summed E-state index contributed by atoms with van der Waals surface area (Å²) in [6.07, 6.45) is -0.926. The molecule has 122 valence electrons. The van der Waals surface area contributed by atoms with Gasteiger partial charge in [0.2, 0.25) is 0 Å². The maximum Gasteiger partial charge on any atom is 0.287 e. The maximum absolute atomic E-state index is 11.7. The minimum atomic E-state index is -0.926. The van der Waals surface area contributed by atoms with E-state index in [9.17, 15) is 20.0 Å². The van der Waals surface area contributed by atoms with Crippen molar-refractivity contribution in [2.75, 3.05) is 13.2 Å². The summed E-state index contributed by atoms with van der Waals surface area (Å²) in [7, 11) is 0. The van der Waals surface area contributed by atoms with Crippen LogP contribution >= 0.6 is 0 Å². The largest absolute Gasteiger partial charge is 0.491 e. The number of aliphatic hydroxyl groups is 1. The number of benzene rings is 1. The number of rotatable bonds is 7. The molecule has 0 saturated carbocycles. The number of non-ortho nitro benzene ring substituents is 1. The number of hydrogen-bond donors (Lipinski definition) is 2. The number of ether oxygens (including phenoxy) is 1. The fraction of sp³-hybridized carbons (Fsp3) is 0.267. The Morgan fingerprint density at radius 3 is 2.61 bits per heavy atom. The monoisotopic (exact) mass is 320 g/mol. The second kappa shape index (κ2) is 7.41. The first kappa shape index (κ1) is 16.5. The highest BCUT2D eigenvalue weighted by Gasteiger charge is 2.13. The SMILES string of the molecule is Cc1ccc(C(=O)NC[C@H](O)COc2ccc([N+](=O)[O-])cc2)o1. The van der Waals surface area contributed by atoms with Crippen LogP contribution in [0.2, 0.25) is 0 Å². The molecule has 23 heavy (non-hydrogen) atoms. The van der Waals surface area contributed by atoms with Crippen LogP contribution in [0.1, 0.15) is 16.3 Å². The maximum atomic E-state index is 11.7. The molecule has 1 aromatic heterocycles. The summed E-state index contributed by atoms with van der Waals surface area (Å²) in [5.74, 6) is 0.762. The van der Waals surface area contributed by atoms with Crippen molar-refractivity contribution in [3.05, 3.63) is 58.0 Å². The normalized spacial score (nSPS) is 11.7. The molecule has 2 N–H and O–H groups in total. The Balaban J connectivity index is 1.75. The molecule has 1 aromatic carbocycles. The summed E-state index contributed by atoms with van der Waals surface area (Å²) in [5, 5.41) is 22.8. The van der Waals surface area contributed by atoms with Gasteiger partial charge in [-0.15, -0.1) is 0 Å². The van der Waals surface area contributed by atoms with Gasteiger partial charge in [0.25, 0.3) is 11.6 Å². The lowest BCUT2D eigenvalue weighted by molar-refractivity contribution is -0.384. The summed E-state index contributed by atoms with van der Waals surface area (Å²) in [5.41, 5.74) is -0.0427. The van der Waals surface area contributed by atoms with Crippen molar-refractivity contribution >= 4 is 11.6 Å². The minimum Gasteiger partial charge on any atom is -0.491 e. The molecule has 0 bridgehead atoms. The average molecular weight is 320 g/mol. The van der Waals surface area contributed by atoms with Crippen LogP contribution in [0.15, 0.2) is 40.8 Å². The van der Waals surface area contributed by atoms with Gasteiger partial charge >= 0.3 is 0 Å². The minimum absolute atomic E-state index is 0.00837. The number of nitro benzene ring substituents is 1. The first-order valence-corrected chi connectivity index (χ1v) is 6.85. The molecule has 1 heterocycles. The van der Waals surface area contributed by atoms with Gasteiger partial charge in [0.15, 0.2) is 5.76 Å². The zero-order chi connectivity index (χ0) is 16.8. The van der Waals surface area contributed by atoms with Gasteiger partial charge in [-0.1, -0.05) is 0 Å². The van der Waals surface area contributed by atoms with Crippen LogP contribution in [-0.4, -0.2) is 35.2 Å². The number of aryl methyl sites for hydroxylation is 1. The van der Waals surface area contributed by atoms with Crippen LogP contribution in [0.3, 0.4) is 0 Å². The number of amides is 1. The van der Waals surface area contributed by atoms with Gasteiger partial charge in [-0.3, -0.25) is 14.9 Å². The summed E-state index contributed by atoms with van der Waals surface area (Å²) < 4.78 is 10.5. The van der Waals surface area contributed by atoms with E-state index >= 15 is 0 Å². The number of nitrogens with zero attached hydrogens (tertiary/aromatic N) is 1. The molecule has 0 radical (unpaired) electrons. The number of aliphatic hydroxyl groups excluding tert-OH is 1. The molecule has 0 spiro atoms. The Hall–Kier alpha value is -2.87. The molecule has 0 aliphatic rings. The fourth-order valence-electron chi connectivity index (χ4n) is 1.77. The van der Waals surface area contributed by atoms with Crippen LogP contribution in [-0.2, 0) is 0 Å². The van der Waals surface area contributed by atoms with Crippen molar-refractivity contribution in [3.63, 3.8) is 0 Å². The van der Waals surface area contributed by atoms with E-state index in [1.165, 1.54) is 24.3 Å². The fourth-order valence-corrected chi connectivity index (χ4v) is 1.77. The second-order valence-corrected chi connectivity index (χ2v) is 4.84. The molecule has 0 saturated heterocycles. The predicted molar refractivity (Wildman–Crippen MR) is 80.4 cm³/mol. The van der Waals surface area contributed by atoms with Crippen molar-refractivity contribution < 1.29 is 24.0 Å². The third kappa shape index (κ3) is 4.82. The third-order valence-corrected chi connectivity index (χ3v) is 2.95. The molecule has 8 nitrogen and oxygen atoms in total. The lowest BCUT2D eigenvalue weighted by atomic mass is 10.3. The third-order valence-electron chi connectivity index (χ3n) is 2.95. The Kier molecular flexibility index (Phi) is 5.32. The molecule has 0 aliphatic carbocycles. The Morgan fingerprint density at radius 1 is 1.35 bits per heavy atom. The van der Waals surface area contributed by atoms with Gasteiger partial charge in [0.05, 0.1) is 4.92 Å². The molecule has 2 aromatic rings. The van der Waals surface area contributed by atoms with E-state index < -0.39 is 16.9 Å². The molecule has 2 rings (SSSR count). The van der Waals surface area contributed by atoms with Gasteiger partial charge in [0, 0.05) is 18.7 Å². The first-order chi connectivity index (χ1) is 11.0. The van der Waals surface area contributed by atoms with Crippen LogP contribution in [0.25, 0.3) is 0 Å². The van der Waals surface area contributed by atoms with Crippen molar-refractivity contribution in [1.82, 2.24) is 5.32 Å². The van der Waals surface area contributed by atoms with Crippen molar-refractivity contribution in [1.29, 1.82) is 0 Å². The van der Waals surface area contributed by atoms with E-state index in [2.05, 4.69) is 5.32 Å².